The van der Waals surface area contributed by atoms with Gasteiger partial charge in [0.05, 0.1) is 0 Å². The van der Waals surface area contributed by atoms with Crippen molar-refractivity contribution in [3.63, 3.8) is 0 Å². The minimum absolute atomic E-state index is 0.417. The fourth-order valence-corrected chi connectivity index (χ4v) is 1.99. The zero-order valence-corrected chi connectivity index (χ0v) is 9.29. The molecule has 1 rings (SSSR count). The lowest BCUT2D eigenvalue weighted by molar-refractivity contribution is 0.126. The number of hydrogen-bond donors (Lipinski definition) is 1. The SMILES string of the molecule is CCC(C)CN1CC(N)CCC1C. The van der Waals surface area contributed by atoms with Crippen molar-refractivity contribution in [2.75, 3.05) is 13.1 Å². The van der Waals surface area contributed by atoms with Crippen LogP contribution in [0.2, 0.25) is 0 Å². The van der Waals surface area contributed by atoms with Crippen LogP contribution >= 0.6 is 0 Å². The maximum absolute atomic E-state index is 5.96. The van der Waals surface area contributed by atoms with Crippen LogP contribution in [0.15, 0.2) is 0 Å². The highest BCUT2D eigenvalue weighted by Crippen LogP contribution is 2.17. The number of hydrogen-bond acceptors (Lipinski definition) is 2. The summed E-state index contributed by atoms with van der Waals surface area (Å²) in [7, 11) is 0. The molecule has 0 aliphatic carbocycles. The lowest BCUT2D eigenvalue weighted by atomic mass is 9.98. The number of likely N-dealkylation sites (tertiary alicyclic amines) is 1. The molecule has 3 unspecified atom stereocenters. The second kappa shape index (κ2) is 4.97. The molecule has 78 valence electrons. The summed E-state index contributed by atoms with van der Waals surface area (Å²) in [6.45, 7) is 9.25. The first kappa shape index (κ1) is 11.0. The molecule has 2 heteroatoms. The first-order valence-electron chi connectivity index (χ1n) is 5.63. The summed E-state index contributed by atoms with van der Waals surface area (Å²) in [5.41, 5.74) is 5.96. The van der Waals surface area contributed by atoms with Gasteiger partial charge < -0.3 is 5.73 Å². The Morgan fingerprint density at radius 3 is 2.77 bits per heavy atom. The van der Waals surface area contributed by atoms with E-state index < -0.39 is 0 Å². The van der Waals surface area contributed by atoms with Crippen LogP contribution in [-0.4, -0.2) is 30.1 Å². The van der Waals surface area contributed by atoms with Gasteiger partial charge in [-0.3, -0.25) is 4.90 Å². The summed E-state index contributed by atoms with van der Waals surface area (Å²) in [5, 5.41) is 0. The van der Waals surface area contributed by atoms with E-state index in [9.17, 15) is 0 Å². The smallest absolute Gasteiger partial charge is 0.0168 e. The van der Waals surface area contributed by atoms with Gasteiger partial charge in [-0.2, -0.15) is 0 Å². The van der Waals surface area contributed by atoms with Gasteiger partial charge in [0.15, 0.2) is 0 Å². The summed E-state index contributed by atoms with van der Waals surface area (Å²) in [6.07, 6.45) is 3.76. The van der Waals surface area contributed by atoms with Crippen molar-refractivity contribution in [3.05, 3.63) is 0 Å². The minimum atomic E-state index is 0.417. The van der Waals surface area contributed by atoms with E-state index in [0.29, 0.717) is 6.04 Å². The van der Waals surface area contributed by atoms with Gasteiger partial charge >= 0.3 is 0 Å². The molecule has 0 amide bonds. The monoisotopic (exact) mass is 184 g/mol. The van der Waals surface area contributed by atoms with Crippen LogP contribution in [0, 0.1) is 5.92 Å². The molecule has 2 nitrogen and oxygen atoms in total. The third-order valence-corrected chi connectivity index (χ3v) is 3.29. The van der Waals surface area contributed by atoms with Crippen LogP contribution in [0.3, 0.4) is 0 Å². The zero-order valence-electron chi connectivity index (χ0n) is 9.29. The highest BCUT2D eigenvalue weighted by molar-refractivity contribution is 4.81. The Balaban J connectivity index is 2.37. The van der Waals surface area contributed by atoms with Gasteiger partial charge in [0, 0.05) is 25.2 Å². The van der Waals surface area contributed by atoms with Crippen molar-refractivity contribution in [2.45, 2.75) is 52.1 Å². The molecule has 0 spiro atoms. The van der Waals surface area contributed by atoms with Crippen LogP contribution in [-0.2, 0) is 0 Å². The molecule has 1 aliphatic heterocycles. The third-order valence-electron chi connectivity index (χ3n) is 3.29. The topological polar surface area (TPSA) is 29.3 Å². The molecule has 0 aromatic carbocycles. The second-order valence-electron chi connectivity index (χ2n) is 4.65. The van der Waals surface area contributed by atoms with E-state index in [1.54, 1.807) is 0 Å². The highest BCUT2D eigenvalue weighted by Gasteiger charge is 2.23. The predicted molar refractivity (Wildman–Crippen MR) is 57.7 cm³/mol. The Morgan fingerprint density at radius 1 is 1.46 bits per heavy atom. The van der Waals surface area contributed by atoms with Crippen molar-refractivity contribution in [3.8, 4) is 0 Å². The van der Waals surface area contributed by atoms with Gasteiger partial charge in [0.25, 0.3) is 0 Å². The van der Waals surface area contributed by atoms with Crippen molar-refractivity contribution >= 4 is 0 Å². The minimum Gasteiger partial charge on any atom is -0.327 e. The summed E-state index contributed by atoms with van der Waals surface area (Å²) in [4.78, 5) is 2.56. The molecule has 3 atom stereocenters. The van der Waals surface area contributed by atoms with Gasteiger partial charge in [-0.1, -0.05) is 20.3 Å². The van der Waals surface area contributed by atoms with E-state index in [0.717, 1.165) is 18.5 Å². The van der Waals surface area contributed by atoms with E-state index in [4.69, 9.17) is 5.73 Å². The molecule has 1 aliphatic rings. The van der Waals surface area contributed by atoms with Gasteiger partial charge in [0.1, 0.15) is 0 Å². The summed E-state index contributed by atoms with van der Waals surface area (Å²) < 4.78 is 0. The van der Waals surface area contributed by atoms with E-state index in [2.05, 4.69) is 25.7 Å². The van der Waals surface area contributed by atoms with Crippen LogP contribution in [0.25, 0.3) is 0 Å². The Morgan fingerprint density at radius 2 is 2.15 bits per heavy atom. The van der Waals surface area contributed by atoms with E-state index in [-0.39, 0.29) is 0 Å². The highest BCUT2D eigenvalue weighted by atomic mass is 15.2. The maximum atomic E-state index is 5.96. The third kappa shape index (κ3) is 3.28. The quantitative estimate of drug-likeness (QED) is 0.725. The first-order valence-corrected chi connectivity index (χ1v) is 5.63. The van der Waals surface area contributed by atoms with Gasteiger partial charge in [-0.15, -0.1) is 0 Å². The van der Waals surface area contributed by atoms with Crippen LogP contribution in [0.1, 0.15) is 40.0 Å². The number of nitrogens with two attached hydrogens (primary N) is 1. The van der Waals surface area contributed by atoms with E-state index in [1.165, 1.54) is 25.8 Å². The van der Waals surface area contributed by atoms with Crippen LogP contribution in [0.4, 0.5) is 0 Å². The molecule has 0 aromatic heterocycles. The van der Waals surface area contributed by atoms with E-state index in [1.807, 2.05) is 0 Å². The number of rotatable bonds is 3. The molecule has 0 aromatic rings. The maximum Gasteiger partial charge on any atom is 0.0168 e. The Labute approximate surface area is 82.5 Å². The molecule has 0 radical (unpaired) electrons. The first-order chi connectivity index (χ1) is 6.13. The van der Waals surface area contributed by atoms with Crippen LogP contribution in [0.5, 0.6) is 0 Å². The fraction of sp³-hybridized carbons (Fsp3) is 1.00. The van der Waals surface area contributed by atoms with Crippen LogP contribution < -0.4 is 5.73 Å². The Bertz CT molecular complexity index is 147. The normalized spacial score (nSPS) is 33.2. The molecule has 0 bridgehead atoms. The molecular formula is C11H24N2. The van der Waals surface area contributed by atoms with E-state index >= 15 is 0 Å². The molecule has 1 fully saturated rings. The largest absolute Gasteiger partial charge is 0.327 e. The van der Waals surface area contributed by atoms with Gasteiger partial charge in [-0.05, 0) is 25.7 Å². The van der Waals surface area contributed by atoms with Crippen molar-refractivity contribution < 1.29 is 0 Å². The van der Waals surface area contributed by atoms with Gasteiger partial charge in [0.2, 0.25) is 0 Å². The Hall–Kier alpha value is -0.0800. The summed E-state index contributed by atoms with van der Waals surface area (Å²) in [6, 6.07) is 1.16. The lowest BCUT2D eigenvalue weighted by Gasteiger charge is -2.37. The Kier molecular flexibility index (Phi) is 4.20. The average Bonchev–Trinajstić information content (AvgIpc) is 2.11. The summed E-state index contributed by atoms with van der Waals surface area (Å²) in [5.74, 6) is 0.813. The van der Waals surface area contributed by atoms with Crippen molar-refractivity contribution in [1.82, 2.24) is 4.90 Å². The number of piperidine rings is 1. The summed E-state index contributed by atoms with van der Waals surface area (Å²) >= 11 is 0. The van der Waals surface area contributed by atoms with Crippen molar-refractivity contribution in [2.24, 2.45) is 11.7 Å². The standard InChI is InChI=1S/C11H24N2/c1-4-9(2)7-13-8-11(12)6-5-10(13)3/h9-11H,4-8,12H2,1-3H3. The lowest BCUT2D eigenvalue weighted by Crippen LogP contribution is -2.48. The molecule has 2 N–H and O–H groups in total. The van der Waals surface area contributed by atoms with Crippen molar-refractivity contribution in [1.29, 1.82) is 0 Å². The zero-order chi connectivity index (χ0) is 9.84. The molecule has 0 saturated carbocycles. The molecule has 1 saturated heterocycles. The molecular weight excluding hydrogens is 160 g/mol. The van der Waals surface area contributed by atoms with Gasteiger partial charge in [-0.25, -0.2) is 0 Å². The second-order valence-corrected chi connectivity index (χ2v) is 4.65. The molecule has 13 heavy (non-hydrogen) atoms. The number of nitrogens with zero attached hydrogens (tertiary/aromatic N) is 1. The molecule has 1 heterocycles. The fourth-order valence-electron chi connectivity index (χ4n) is 1.99. The average molecular weight is 184 g/mol. The predicted octanol–water partition coefficient (Wildman–Crippen LogP) is 1.84.